The van der Waals surface area contributed by atoms with Crippen molar-refractivity contribution in [1.29, 1.82) is 0 Å². The van der Waals surface area contributed by atoms with Crippen LogP contribution in [0.25, 0.3) is 0 Å². The second-order valence-electron chi connectivity index (χ2n) is 1.70. The van der Waals surface area contributed by atoms with Gasteiger partial charge < -0.3 is 15.3 Å². The van der Waals surface area contributed by atoms with Gasteiger partial charge in [0, 0.05) is 13.0 Å². The highest BCUT2D eigenvalue weighted by molar-refractivity contribution is 7.89. The molecule has 6 nitrogen and oxygen atoms in total. The van der Waals surface area contributed by atoms with Gasteiger partial charge in [-0.2, -0.15) is 8.42 Å². The quantitative estimate of drug-likeness (QED) is 0.348. The van der Waals surface area contributed by atoms with Crippen LogP contribution in [0.2, 0.25) is 0 Å². The molecule has 0 aliphatic rings. The third-order valence-corrected chi connectivity index (χ3v) is 1.91. The zero-order chi connectivity index (χ0) is 9.07. The minimum Gasteiger partial charge on any atom is -0.480 e. The van der Waals surface area contributed by atoms with Gasteiger partial charge in [0.1, 0.15) is 0 Å². The van der Waals surface area contributed by atoms with Gasteiger partial charge in [-0.1, -0.05) is 0 Å². The van der Waals surface area contributed by atoms with Crippen LogP contribution in [-0.4, -0.2) is 34.9 Å². The second-order valence-corrected chi connectivity index (χ2v) is 3.14. The average molecular weight is 184 g/mol. The van der Waals surface area contributed by atoms with Crippen LogP contribution in [0.5, 0.6) is 0 Å². The first-order chi connectivity index (χ1) is 4.89. The molecule has 4 N–H and O–H groups in total. The predicted molar refractivity (Wildman–Crippen MR) is 35.5 cm³/mol. The molecule has 0 saturated heterocycles. The van der Waals surface area contributed by atoms with Gasteiger partial charge in [-0.25, -0.2) is 0 Å². The van der Waals surface area contributed by atoms with E-state index in [-0.39, 0.29) is 0 Å². The Bertz CT molecular complexity index is 246. The lowest BCUT2D eigenvalue weighted by Gasteiger charge is -1.99. The average Bonchev–Trinajstić information content (AvgIpc) is 1.79. The third kappa shape index (κ3) is 3.21. The van der Waals surface area contributed by atoms with E-state index in [0.717, 1.165) is 0 Å². The van der Waals surface area contributed by atoms with Crippen LogP contribution >= 0.6 is 0 Å². The smallest absolute Gasteiger partial charge is 0.297 e. The zero-order valence-electron chi connectivity index (χ0n) is 5.43. The summed E-state index contributed by atoms with van der Waals surface area (Å²) in [7, 11) is -4.61. The SMILES string of the molecule is O=S(=O)(O)C(CCO)=C(O)O. The Morgan fingerprint density at radius 2 is 1.73 bits per heavy atom. The van der Waals surface area contributed by atoms with Gasteiger partial charge in [0.2, 0.25) is 0 Å². The minimum absolute atomic E-state index is 0.527. The first-order valence-electron chi connectivity index (χ1n) is 2.59. The topological polar surface area (TPSA) is 115 Å². The molecule has 7 heteroatoms. The summed E-state index contributed by atoms with van der Waals surface area (Å²) in [5.74, 6) is -1.50. The van der Waals surface area contributed by atoms with E-state index < -0.39 is 34.0 Å². The molecule has 0 aromatic rings. The van der Waals surface area contributed by atoms with Crippen LogP contribution in [0.15, 0.2) is 10.9 Å². The Morgan fingerprint density at radius 3 is 1.82 bits per heavy atom. The first kappa shape index (κ1) is 10.2. The summed E-state index contributed by atoms with van der Waals surface area (Å²) in [6.07, 6.45) is -0.527. The fraction of sp³-hybridized carbons (Fsp3) is 0.500. The van der Waals surface area contributed by atoms with Gasteiger partial charge in [-0.3, -0.25) is 4.55 Å². The standard InChI is InChI=1S/C4H8O6S/c5-2-1-3(4(6)7)11(8,9)10/h5-7H,1-2H2,(H,8,9,10). The number of aliphatic hydroxyl groups excluding tert-OH is 2. The molecule has 0 rings (SSSR count). The molecule has 0 heterocycles. The number of hydrogen-bond acceptors (Lipinski definition) is 5. The molecule has 0 spiro atoms. The maximum Gasteiger partial charge on any atom is 0.297 e. The lowest BCUT2D eigenvalue weighted by molar-refractivity contribution is 0.183. The molecule has 0 aliphatic heterocycles. The van der Waals surface area contributed by atoms with E-state index >= 15 is 0 Å². The third-order valence-electron chi connectivity index (χ3n) is 0.900. The van der Waals surface area contributed by atoms with E-state index in [1.165, 1.54) is 0 Å². The van der Waals surface area contributed by atoms with E-state index in [2.05, 4.69) is 0 Å². The monoisotopic (exact) mass is 184 g/mol. The molecule has 0 saturated carbocycles. The Balaban J connectivity index is 4.81. The molecule has 0 aromatic carbocycles. The van der Waals surface area contributed by atoms with Crippen molar-refractivity contribution in [2.45, 2.75) is 6.42 Å². The van der Waals surface area contributed by atoms with Crippen LogP contribution in [0.3, 0.4) is 0 Å². The molecular weight excluding hydrogens is 176 g/mol. The maximum atomic E-state index is 10.2. The summed E-state index contributed by atoms with van der Waals surface area (Å²) in [6.45, 7) is -0.597. The summed E-state index contributed by atoms with van der Waals surface area (Å²) in [4.78, 5) is -0.986. The van der Waals surface area contributed by atoms with Crippen molar-refractivity contribution >= 4 is 10.1 Å². The summed E-state index contributed by atoms with van der Waals surface area (Å²) in [5.41, 5.74) is 0. The van der Waals surface area contributed by atoms with Crippen LogP contribution in [-0.2, 0) is 10.1 Å². The second kappa shape index (κ2) is 3.56. The zero-order valence-corrected chi connectivity index (χ0v) is 6.24. The van der Waals surface area contributed by atoms with Crippen molar-refractivity contribution in [1.82, 2.24) is 0 Å². The summed E-state index contributed by atoms with van der Waals surface area (Å²) >= 11 is 0. The van der Waals surface area contributed by atoms with Gasteiger partial charge >= 0.3 is 0 Å². The van der Waals surface area contributed by atoms with Crippen molar-refractivity contribution in [2.24, 2.45) is 0 Å². The molecule has 66 valence electrons. The molecule has 0 aromatic heterocycles. The number of hydrogen-bond donors (Lipinski definition) is 4. The van der Waals surface area contributed by atoms with Crippen LogP contribution in [0.4, 0.5) is 0 Å². The van der Waals surface area contributed by atoms with Crippen LogP contribution in [0.1, 0.15) is 6.42 Å². The number of rotatable bonds is 3. The molecule has 0 aliphatic carbocycles. The van der Waals surface area contributed by atoms with Gasteiger partial charge in [0.25, 0.3) is 16.1 Å². The van der Waals surface area contributed by atoms with E-state index in [1.54, 1.807) is 0 Å². The predicted octanol–water partition coefficient (Wildman–Crippen LogP) is -0.458. The molecule has 0 amide bonds. The van der Waals surface area contributed by atoms with E-state index in [9.17, 15) is 8.42 Å². The largest absolute Gasteiger partial charge is 0.480 e. The van der Waals surface area contributed by atoms with Gasteiger partial charge in [-0.15, -0.1) is 0 Å². The molecule has 11 heavy (non-hydrogen) atoms. The molecule has 0 fully saturated rings. The molecule has 0 unspecified atom stereocenters. The number of aliphatic hydroxyl groups is 3. The van der Waals surface area contributed by atoms with E-state index in [1.807, 2.05) is 0 Å². The van der Waals surface area contributed by atoms with Crippen LogP contribution < -0.4 is 0 Å². The van der Waals surface area contributed by atoms with E-state index in [4.69, 9.17) is 19.9 Å². The van der Waals surface area contributed by atoms with Crippen molar-refractivity contribution in [2.75, 3.05) is 6.61 Å². The summed E-state index contributed by atoms with van der Waals surface area (Å²) in [6, 6.07) is 0. The molecular formula is C4H8O6S. The summed E-state index contributed by atoms with van der Waals surface area (Å²) < 4.78 is 28.7. The Hall–Kier alpha value is -0.790. The van der Waals surface area contributed by atoms with E-state index in [0.29, 0.717) is 0 Å². The van der Waals surface area contributed by atoms with Crippen molar-refractivity contribution < 1.29 is 28.3 Å². The van der Waals surface area contributed by atoms with Crippen LogP contribution in [0, 0.1) is 0 Å². The lowest BCUT2D eigenvalue weighted by atomic mass is 10.4. The lowest BCUT2D eigenvalue weighted by Crippen LogP contribution is -2.07. The highest BCUT2D eigenvalue weighted by Gasteiger charge is 2.18. The molecule has 0 radical (unpaired) electrons. The van der Waals surface area contributed by atoms with Crippen molar-refractivity contribution in [3.63, 3.8) is 0 Å². The highest BCUT2D eigenvalue weighted by atomic mass is 32.2. The highest BCUT2D eigenvalue weighted by Crippen LogP contribution is 2.10. The normalized spacial score (nSPS) is 11.1. The van der Waals surface area contributed by atoms with Gasteiger partial charge in [-0.05, 0) is 0 Å². The van der Waals surface area contributed by atoms with Crippen molar-refractivity contribution in [3.05, 3.63) is 10.9 Å². The Labute approximate surface area is 63.2 Å². The molecule has 0 atom stereocenters. The first-order valence-corrected chi connectivity index (χ1v) is 4.03. The Kier molecular flexibility index (Phi) is 3.30. The summed E-state index contributed by atoms with van der Waals surface area (Å²) in [5, 5.41) is 24.7. The fourth-order valence-electron chi connectivity index (χ4n) is 0.458. The fourth-order valence-corrected chi connectivity index (χ4v) is 1.04. The maximum absolute atomic E-state index is 10.2. The molecule has 0 bridgehead atoms. The van der Waals surface area contributed by atoms with Gasteiger partial charge in [0.15, 0.2) is 4.91 Å². The van der Waals surface area contributed by atoms with Crippen molar-refractivity contribution in [3.8, 4) is 0 Å². The minimum atomic E-state index is -4.61. The Morgan fingerprint density at radius 1 is 1.27 bits per heavy atom. The van der Waals surface area contributed by atoms with Gasteiger partial charge in [0.05, 0.1) is 0 Å².